The highest BCUT2D eigenvalue weighted by molar-refractivity contribution is 5.76. The Morgan fingerprint density at radius 3 is 2.38 bits per heavy atom. The molecular weight excluding hydrogens is 312 g/mol. The van der Waals surface area contributed by atoms with E-state index in [4.69, 9.17) is 14.2 Å². The highest BCUT2D eigenvalue weighted by Gasteiger charge is 2.24. The van der Waals surface area contributed by atoms with Crippen LogP contribution in [0.3, 0.4) is 0 Å². The number of hydrogen-bond donors (Lipinski definition) is 3. The number of carbonyl (C=O) groups is 1. The van der Waals surface area contributed by atoms with Crippen LogP contribution in [0.5, 0.6) is 17.2 Å². The van der Waals surface area contributed by atoms with Crippen molar-refractivity contribution in [3.05, 3.63) is 17.7 Å². The molecule has 0 bridgehead atoms. The lowest BCUT2D eigenvalue weighted by molar-refractivity contribution is -0.121. The van der Waals surface area contributed by atoms with E-state index in [9.17, 15) is 9.90 Å². The maximum Gasteiger partial charge on any atom is 0.220 e. The van der Waals surface area contributed by atoms with Crippen molar-refractivity contribution in [1.29, 1.82) is 0 Å². The Labute approximate surface area is 142 Å². The Hall–Kier alpha value is -1.99. The van der Waals surface area contributed by atoms with Crippen LogP contribution in [0, 0.1) is 5.92 Å². The van der Waals surface area contributed by atoms with Gasteiger partial charge < -0.3 is 30.0 Å². The summed E-state index contributed by atoms with van der Waals surface area (Å²) in [7, 11) is 4.68. The van der Waals surface area contributed by atoms with Gasteiger partial charge >= 0.3 is 0 Å². The molecule has 1 heterocycles. The second-order valence-corrected chi connectivity index (χ2v) is 5.82. The number of ether oxygens (including phenoxy) is 3. The minimum Gasteiger partial charge on any atom is -0.493 e. The molecule has 134 valence electrons. The van der Waals surface area contributed by atoms with Crippen molar-refractivity contribution in [1.82, 2.24) is 10.6 Å². The number of hydrogen-bond acceptors (Lipinski definition) is 6. The zero-order chi connectivity index (χ0) is 17.5. The van der Waals surface area contributed by atoms with Crippen molar-refractivity contribution < 1.29 is 24.1 Å². The number of aryl methyl sites for hydroxylation is 1. The number of aliphatic hydroxyl groups is 1. The van der Waals surface area contributed by atoms with Gasteiger partial charge in [0, 0.05) is 32.0 Å². The zero-order valence-corrected chi connectivity index (χ0v) is 14.4. The summed E-state index contributed by atoms with van der Waals surface area (Å²) >= 11 is 0. The molecule has 1 aliphatic rings. The van der Waals surface area contributed by atoms with Gasteiger partial charge in [-0.1, -0.05) is 0 Å². The molecule has 0 aliphatic carbocycles. The van der Waals surface area contributed by atoms with E-state index in [0.717, 1.165) is 12.1 Å². The molecule has 0 radical (unpaired) electrons. The van der Waals surface area contributed by atoms with Gasteiger partial charge in [0.15, 0.2) is 11.5 Å². The lowest BCUT2D eigenvalue weighted by Gasteiger charge is -2.15. The smallest absolute Gasteiger partial charge is 0.220 e. The van der Waals surface area contributed by atoms with Gasteiger partial charge in [0.05, 0.1) is 27.4 Å². The van der Waals surface area contributed by atoms with Gasteiger partial charge in [-0.25, -0.2) is 0 Å². The summed E-state index contributed by atoms with van der Waals surface area (Å²) in [5.74, 6) is 1.73. The molecule has 0 aromatic heterocycles. The number of rotatable bonds is 8. The second kappa shape index (κ2) is 8.75. The second-order valence-electron chi connectivity index (χ2n) is 5.82. The molecule has 1 saturated heterocycles. The van der Waals surface area contributed by atoms with E-state index in [1.165, 1.54) is 0 Å². The van der Waals surface area contributed by atoms with E-state index < -0.39 is 0 Å². The number of methoxy groups -OCH3 is 3. The van der Waals surface area contributed by atoms with Gasteiger partial charge in [-0.15, -0.1) is 0 Å². The molecule has 7 nitrogen and oxygen atoms in total. The van der Waals surface area contributed by atoms with Gasteiger partial charge in [0.1, 0.15) is 0 Å². The fourth-order valence-electron chi connectivity index (χ4n) is 2.80. The van der Waals surface area contributed by atoms with Gasteiger partial charge in [-0.05, 0) is 24.1 Å². The van der Waals surface area contributed by atoms with Crippen LogP contribution in [0.1, 0.15) is 12.0 Å². The highest BCUT2D eigenvalue weighted by atomic mass is 16.5. The number of aliphatic hydroxyl groups excluding tert-OH is 1. The fraction of sp³-hybridized carbons (Fsp3) is 0.588. The quantitative estimate of drug-likeness (QED) is 0.633. The molecule has 3 N–H and O–H groups in total. The van der Waals surface area contributed by atoms with E-state index in [1.807, 2.05) is 12.1 Å². The number of benzene rings is 1. The maximum atomic E-state index is 12.0. The third-order valence-electron chi connectivity index (χ3n) is 4.23. The molecule has 2 rings (SSSR count). The Balaban J connectivity index is 1.90. The first-order chi connectivity index (χ1) is 11.6. The molecule has 0 saturated carbocycles. The summed E-state index contributed by atoms with van der Waals surface area (Å²) in [5, 5.41) is 15.7. The van der Waals surface area contributed by atoms with Crippen LogP contribution in [0.25, 0.3) is 0 Å². The molecule has 2 unspecified atom stereocenters. The van der Waals surface area contributed by atoms with Gasteiger partial charge in [0.2, 0.25) is 11.7 Å². The van der Waals surface area contributed by atoms with Crippen molar-refractivity contribution in [3.8, 4) is 17.2 Å². The van der Waals surface area contributed by atoms with Crippen molar-refractivity contribution in [2.75, 3.05) is 41.0 Å². The highest BCUT2D eigenvalue weighted by Crippen LogP contribution is 2.38. The molecule has 2 atom stereocenters. The fourth-order valence-corrected chi connectivity index (χ4v) is 2.80. The molecular formula is C17H26N2O5. The van der Waals surface area contributed by atoms with Gasteiger partial charge in [0.25, 0.3) is 0 Å². The predicted octanol–water partition coefficient (Wildman–Crippen LogP) is 0.342. The van der Waals surface area contributed by atoms with Crippen molar-refractivity contribution >= 4 is 5.91 Å². The van der Waals surface area contributed by atoms with Crippen LogP contribution in [0.2, 0.25) is 0 Å². The lowest BCUT2D eigenvalue weighted by Crippen LogP contribution is -2.34. The topological polar surface area (TPSA) is 89.1 Å². The molecule has 0 spiro atoms. The number of amides is 1. The third kappa shape index (κ3) is 4.52. The van der Waals surface area contributed by atoms with Crippen LogP contribution in [0.15, 0.2) is 12.1 Å². The number of carbonyl (C=O) groups excluding carboxylic acids is 1. The van der Waals surface area contributed by atoms with E-state index in [0.29, 0.717) is 43.2 Å². The van der Waals surface area contributed by atoms with Crippen LogP contribution in [-0.4, -0.2) is 58.1 Å². The van der Waals surface area contributed by atoms with E-state index in [1.54, 1.807) is 21.3 Å². The molecule has 1 aliphatic heterocycles. The average Bonchev–Trinajstić information content (AvgIpc) is 3.01. The summed E-state index contributed by atoms with van der Waals surface area (Å²) in [6.07, 6.45) is 0.531. The average molecular weight is 338 g/mol. The first-order valence-electron chi connectivity index (χ1n) is 8.03. The van der Waals surface area contributed by atoms with Crippen molar-refractivity contribution in [2.24, 2.45) is 5.92 Å². The van der Waals surface area contributed by atoms with E-state index >= 15 is 0 Å². The summed E-state index contributed by atoms with van der Waals surface area (Å²) < 4.78 is 15.9. The maximum absolute atomic E-state index is 12.0. The normalized spacial score (nSPS) is 19.8. The first-order valence-corrected chi connectivity index (χ1v) is 8.03. The third-order valence-corrected chi connectivity index (χ3v) is 4.23. The Bertz CT molecular complexity index is 539. The summed E-state index contributed by atoms with van der Waals surface area (Å²) in [6, 6.07) is 3.69. The van der Waals surface area contributed by atoms with Crippen LogP contribution in [-0.2, 0) is 11.2 Å². The Kier molecular flexibility index (Phi) is 6.69. The zero-order valence-electron chi connectivity index (χ0n) is 14.4. The summed E-state index contributed by atoms with van der Waals surface area (Å²) in [5.41, 5.74) is 0.933. The number of nitrogens with one attached hydrogen (secondary N) is 2. The van der Waals surface area contributed by atoms with Crippen molar-refractivity contribution in [3.63, 3.8) is 0 Å². The molecule has 1 amide bonds. The van der Waals surface area contributed by atoms with Crippen LogP contribution >= 0.6 is 0 Å². The lowest BCUT2D eigenvalue weighted by atomic mass is 10.1. The largest absolute Gasteiger partial charge is 0.493 e. The van der Waals surface area contributed by atoms with E-state index in [2.05, 4.69) is 10.6 Å². The van der Waals surface area contributed by atoms with Crippen LogP contribution in [0.4, 0.5) is 0 Å². The minimum atomic E-state index is -0.389. The predicted molar refractivity (Wildman–Crippen MR) is 89.8 cm³/mol. The van der Waals surface area contributed by atoms with Crippen LogP contribution < -0.4 is 24.8 Å². The molecule has 1 fully saturated rings. The molecule has 7 heteroatoms. The summed E-state index contributed by atoms with van der Waals surface area (Å²) in [4.78, 5) is 12.0. The van der Waals surface area contributed by atoms with E-state index in [-0.39, 0.29) is 17.9 Å². The Morgan fingerprint density at radius 1 is 1.21 bits per heavy atom. The number of β-amino-alcohol motifs (C(OH)–C–C–N with tert-alkyl or cyclic N) is 1. The standard InChI is InChI=1S/C17H26N2O5/c1-22-14-6-11(7-15(23-2)17(14)24-3)4-5-16(21)19-9-12-8-18-10-13(12)20/h6-7,12-13,18,20H,4-5,8-10H2,1-3H3,(H,19,21). The SMILES string of the molecule is COc1cc(CCC(=O)NCC2CNCC2O)cc(OC)c1OC. The summed E-state index contributed by atoms with van der Waals surface area (Å²) in [6.45, 7) is 1.81. The molecule has 1 aromatic carbocycles. The minimum absolute atomic E-state index is 0.0390. The molecule has 24 heavy (non-hydrogen) atoms. The Morgan fingerprint density at radius 2 is 1.88 bits per heavy atom. The van der Waals surface area contributed by atoms with Gasteiger partial charge in [-0.2, -0.15) is 0 Å². The molecule has 1 aromatic rings. The van der Waals surface area contributed by atoms with Crippen molar-refractivity contribution in [2.45, 2.75) is 18.9 Å². The monoisotopic (exact) mass is 338 g/mol. The van der Waals surface area contributed by atoms with Gasteiger partial charge in [-0.3, -0.25) is 4.79 Å². The first kappa shape index (κ1) is 18.4.